The highest BCUT2D eigenvalue weighted by atomic mass is 79.9. The highest BCUT2D eigenvalue weighted by molar-refractivity contribution is 9.11. The number of nitrogens with one attached hydrogen (secondary N) is 1. The van der Waals surface area contributed by atoms with E-state index in [9.17, 15) is 0 Å². The lowest BCUT2D eigenvalue weighted by atomic mass is 10.1. The third-order valence-corrected chi connectivity index (χ3v) is 4.90. The number of thiophene rings is 1. The minimum atomic E-state index is 0.519. The maximum Gasteiger partial charge on any atom is 0.133 e. The number of aromatic nitrogens is 3. The number of rotatable bonds is 3. The molecule has 2 aromatic heterocycles. The summed E-state index contributed by atoms with van der Waals surface area (Å²) in [5.74, 6) is 2.15. The second-order valence-electron chi connectivity index (χ2n) is 4.65. The Hall–Kier alpha value is -0.720. The van der Waals surface area contributed by atoms with Crippen LogP contribution in [0, 0.1) is 6.92 Å². The molecule has 6 heteroatoms. The third-order valence-electron chi connectivity index (χ3n) is 3.35. The van der Waals surface area contributed by atoms with Gasteiger partial charge in [0.25, 0.3) is 0 Å². The molecular formula is C12H15BrN4S. The zero-order valence-electron chi connectivity index (χ0n) is 10.2. The van der Waals surface area contributed by atoms with Crippen molar-refractivity contribution in [3.8, 4) is 0 Å². The van der Waals surface area contributed by atoms with Crippen LogP contribution in [0.3, 0.4) is 0 Å². The molecular weight excluding hydrogens is 312 g/mol. The quantitative estimate of drug-likeness (QED) is 0.942. The van der Waals surface area contributed by atoms with E-state index in [1.54, 1.807) is 11.3 Å². The van der Waals surface area contributed by atoms with Gasteiger partial charge in [0.2, 0.25) is 0 Å². The first-order valence-electron chi connectivity index (χ1n) is 6.07. The standard InChI is InChI=1S/C12H15BrN4S/c1-8-15-16-12-3-2-10(6-17(8)12)14-5-9-4-11(13)18-7-9/h4,7,10,14H,2-3,5-6H2,1H3/t10-/m0/s1. The Morgan fingerprint density at radius 3 is 3.22 bits per heavy atom. The van der Waals surface area contributed by atoms with Gasteiger partial charge in [-0.15, -0.1) is 21.5 Å². The van der Waals surface area contributed by atoms with E-state index in [-0.39, 0.29) is 0 Å². The predicted molar refractivity (Wildman–Crippen MR) is 75.7 cm³/mol. The van der Waals surface area contributed by atoms with Crippen LogP contribution in [0.15, 0.2) is 15.2 Å². The SMILES string of the molecule is Cc1nnc2n1C[C@@H](NCc1csc(Br)c1)CC2. The summed E-state index contributed by atoms with van der Waals surface area (Å²) in [6, 6.07) is 2.70. The van der Waals surface area contributed by atoms with Crippen molar-refractivity contribution in [3.63, 3.8) is 0 Å². The van der Waals surface area contributed by atoms with Gasteiger partial charge in [-0.05, 0) is 46.3 Å². The molecule has 0 fully saturated rings. The smallest absolute Gasteiger partial charge is 0.133 e. The lowest BCUT2D eigenvalue weighted by molar-refractivity contribution is 0.375. The fourth-order valence-electron chi connectivity index (χ4n) is 2.33. The highest BCUT2D eigenvalue weighted by Crippen LogP contribution is 2.21. The van der Waals surface area contributed by atoms with E-state index in [0.29, 0.717) is 6.04 Å². The Morgan fingerprint density at radius 2 is 2.44 bits per heavy atom. The number of hydrogen-bond donors (Lipinski definition) is 1. The highest BCUT2D eigenvalue weighted by Gasteiger charge is 2.20. The van der Waals surface area contributed by atoms with Gasteiger partial charge in [-0.1, -0.05) is 0 Å². The van der Waals surface area contributed by atoms with Gasteiger partial charge in [0.15, 0.2) is 0 Å². The van der Waals surface area contributed by atoms with Crippen molar-refractivity contribution in [2.75, 3.05) is 0 Å². The van der Waals surface area contributed by atoms with E-state index < -0.39 is 0 Å². The van der Waals surface area contributed by atoms with Gasteiger partial charge < -0.3 is 9.88 Å². The Balaban J connectivity index is 1.61. The molecule has 0 radical (unpaired) electrons. The van der Waals surface area contributed by atoms with Crippen molar-refractivity contribution in [1.82, 2.24) is 20.1 Å². The van der Waals surface area contributed by atoms with Crippen LogP contribution < -0.4 is 5.32 Å². The summed E-state index contributed by atoms with van der Waals surface area (Å²) in [4.78, 5) is 0. The van der Waals surface area contributed by atoms with Gasteiger partial charge in [0, 0.05) is 25.6 Å². The Labute approximate surface area is 119 Å². The van der Waals surface area contributed by atoms with Crippen LogP contribution in [-0.2, 0) is 19.5 Å². The molecule has 0 amide bonds. The summed E-state index contributed by atoms with van der Waals surface area (Å²) in [7, 11) is 0. The number of hydrogen-bond acceptors (Lipinski definition) is 4. The van der Waals surface area contributed by atoms with Gasteiger partial charge in [-0.3, -0.25) is 0 Å². The van der Waals surface area contributed by atoms with Gasteiger partial charge in [0.1, 0.15) is 11.6 Å². The van der Waals surface area contributed by atoms with E-state index in [4.69, 9.17) is 0 Å². The Bertz CT molecular complexity index is 548. The van der Waals surface area contributed by atoms with Crippen molar-refractivity contribution < 1.29 is 0 Å². The van der Waals surface area contributed by atoms with Crippen molar-refractivity contribution in [1.29, 1.82) is 0 Å². The van der Waals surface area contributed by atoms with Crippen LogP contribution in [0.25, 0.3) is 0 Å². The predicted octanol–water partition coefficient (Wildman–Crippen LogP) is 2.52. The molecule has 0 spiro atoms. The van der Waals surface area contributed by atoms with Crippen LogP contribution >= 0.6 is 27.3 Å². The second-order valence-corrected chi connectivity index (χ2v) is 6.94. The monoisotopic (exact) mass is 326 g/mol. The lowest BCUT2D eigenvalue weighted by Gasteiger charge is -2.24. The molecule has 18 heavy (non-hydrogen) atoms. The van der Waals surface area contributed by atoms with Gasteiger partial charge in [0.05, 0.1) is 3.79 Å². The summed E-state index contributed by atoms with van der Waals surface area (Å²) in [5.41, 5.74) is 1.35. The number of fused-ring (bicyclic) bond motifs is 1. The van der Waals surface area contributed by atoms with E-state index in [0.717, 1.165) is 37.6 Å². The molecule has 2 aromatic rings. The minimum Gasteiger partial charge on any atom is -0.314 e. The maximum absolute atomic E-state index is 4.19. The Morgan fingerprint density at radius 1 is 1.56 bits per heavy atom. The summed E-state index contributed by atoms with van der Waals surface area (Å²) in [6.45, 7) is 3.94. The van der Waals surface area contributed by atoms with E-state index in [1.165, 1.54) is 9.35 Å². The second kappa shape index (κ2) is 5.11. The average Bonchev–Trinajstić information content (AvgIpc) is 2.94. The molecule has 1 aliphatic heterocycles. The summed E-state index contributed by atoms with van der Waals surface area (Å²) < 4.78 is 3.42. The molecule has 1 aliphatic rings. The van der Waals surface area contributed by atoms with E-state index in [2.05, 4.69) is 47.5 Å². The van der Waals surface area contributed by atoms with E-state index in [1.807, 2.05) is 6.92 Å². The van der Waals surface area contributed by atoms with Gasteiger partial charge in [-0.2, -0.15) is 0 Å². The third kappa shape index (κ3) is 2.50. The summed E-state index contributed by atoms with van der Waals surface area (Å²) >= 11 is 5.23. The minimum absolute atomic E-state index is 0.519. The summed E-state index contributed by atoms with van der Waals surface area (Å²) in [5, 5.41) is 14.1. The molecule has 0 bridgehead atoms. The number of nitrogens with zero attached hydrogens (tertiary/aromatic N) is 3. The lowest BCUT2D eigenvalue weighted by Crippen LogP contribution is -2.37. The number of aryl methyl sites for hydroxylation is 2. The maximum atomic E-state index is 4.19. The van der Waals surface area contributed by atoms with E-state index >= 15 is 0 Å². The molecule has 96 valence electrons. The topological polar surface area (TPSA) is 42.7 Å². The molecule has 4 nitrogen and oxygen atoms in total. The average molecular weight is 327 g/mol. The van der Waals surface area contributed by atoms with Crippen LogP contribution in [0.5, 0.6) is 0 Å². The molecule has 0 aliphatic carbocycles. The van der Waals surface area contributed by atoms with Crippen molar-refractivity contribution >= 4 is 27.3 Å². The van der Waals surface area contributed by atoms with Crippen LogP contribution in [0.4, 0.5) is 0 Å². The fourth-order valence-corrected chi connectivity index (χ4v) is 3.54. The zero-order chi connectivity index (χ0) is 12.5. The first kappa shape index (κ1) is 12.3. The van der Waals surface area contributed by atoms with Crippen molar-refractivity contribution in [2.45, 2.75) is 38.9 Å². The van der Waals surface area contributed by atoms with Crippen molar-refractivity contribution in [3.05, 3.63) is 32.4 Å². The van der Waals surface area contributed by atoms with Crippen LogP contribution in [0.1, 0.15) is 23.6 Å². The molecule has 0 unspecified atom stereocenters. The largest absolute Gasteiger partial charge is 0.314 e. The molecule has 1 N–H and O–H groups in total. The molecule has 1 atom stereocenters. The first-order chi connectivity index (χ1) is 8.72. The Kier molecular flexibility index (Phi) is 3.50. The van der Waals surface area contributed by atoms with Gasteiger partial charge in [-0.25, -0.2) is 0 Å². The van der Waals surface area contributed by atoms with Crippen LogP contribution in [-0.4, -0.2) is 20.8 Å². The summed E-state index contributed by atoms with van der Waals surface area (Å²) in [6.07, 6.45) is 2.16. The molecule has 3 rings (SSSR count). The molecule has 3 heterocycles. The number of halogens is 1. The first-order valence-corrected chi connectivity index (χ1v) is 7.74. The molecule has 0 saturated heterocycles. The normalized spacial score (nSPS) is 18.9. The molecule has 0 aromatic carbocycles. The van der Waals surface area contributed by atoms with Crippen LogP contribution in [0.2, 0.25) is 0 Å². The molecule has 0 saturated carbocycles. The fraction of sp³-hybridized carbons (Fsp3) is 0.500. The zero-order valence-corrected chi connectivity index (χ0v) is 12.6. The van der Waals surface area contributed by atoms with Gasteiger partial charge >= 0.3 is 0 Å². The van der Waals surface area contributed by atoms with Crippen molar-refractivity contribution in [2.24, 2.45) is 0 Å².